The summed E-state index contributed by atoms with van der Waals surface area (Å²) in [6.45, 7) is -3.73. The number of anilines is 1. The van der Waals surface area contributed by atoms with Crippen LogP contribution in [0.2, 0.25) is 0 Å². The lowest BCUT2D eigenvalue weighted by Crippen LogP contribution is -2.24. The molecule has 25 heavy (non-hydrogen) atoms. The minimum absolute atomic E-state index is 0.00690. The third kappa shape index (κ3) is 5.54. The molecule has 2 rings (SSSR count). The normalized spacial score (nSPS) is 11.7. The molecule has 2 aromatic rings. The Morgan fingerprint density at radius 1 is 1.04 bits per heavy atom. The fourth-order valence-corrected chi connectivity index (χ4v) is 1.94. The Labute approximate surface area is 142 Å². The van der Waals surface area contributed by atoms with Gasteiger partial charge in [-0.1, -0.05) is 42.5 Å². The van der Waals surface area contributed by atoms with E-state index in [0.717, 1.165) is 0 Å². The van der Waals surface area contributed by atoms with Gasteiger partial charge in [0, 0.05) is 0 Å². The van der Waals surface area contributed by atoms with Gasteiger partial charge in [0.2, 0.25) is 0 Å². The Morgan fingerprint density at radius 3 is 2.36 bits per heavy atom. The molecule has 0 heterocycles. The van der Waals surface area contributed by atoms with Crippen LogP contribution >= 0.6 is 0 Å². The number of rotatable bonds is 7. The lowest BCUT2D eigenvalue weighted by molar-refractivity contribution is -0.156. The van der Waals surface area contributed by atoms with Crippen LogP contribution in [0.25, 0.3) is 0 Å². The van der Waals surface area contributed by atoms with Crippen LogP contribution in [0, 0.1) is 0 Å². The van der Waals surface area contributed by atoms with Gasteiger partial charge in [-0.05, 0) is 17.7 Å². The van der Waals surface area contributed by atoms with Crippen molar-refractivity contribution in [3.63, 3.8) is 0 Å². The molecule has 0 aliphatic rings. The number of hydrogen-bond donors (Lipinski definition) is 2. The molecule has 0 aromatic heterocycles. The molecule has 0 aliphatic carbocycles. The summed E-state index contributed by atoms with van der Waals surface area (Å²) >= 11 is 0. The lowest BCUT2D eigenvalue weighted by Gasteiger charge is -2.13. The second-order valence-corrected chi connectivity index (χ2v) is 4.84. The Balaban J connectivity index is 1.90. The molecule has 0 aliphatic heterocycles. The van der Waals surface area contributed by atoms with Crippen LogP contribution in [-0.2, 0) is 14.3 Å². The van der Waals surface area contributed by atoms with E-state index in [1.54, 1.807) is 18.2 Å². The quantitative estimate of drug-likeness (QED) is 0.749. The summed E-state index contributed by atoms with van der Waals surface area (Å²) in [5.74, 6) is -1.99. The topological polar surface area (TPSA) is 84.9 Å². The minimum Gasteiger partial charge on any atom is -0.453 e. The van der Waals surface area contributed by atoms with Gasteiger partial charge in [-0.25, -0.2) is 4.79 Å². The average molecular weight is 351 g/mol. The molecule has 1 amide bonds. The summed E-state index contributed by atoms with van der Waals surface area (Å²) in [6.07, 6.45) is -1.52. The van der Waals surface area contributed by atoms with E-state index < -0.39 is 31.2 Å². The van der Waals surface area contributed by atoms with E-state index in [-0.39, 0.29) is 11.4 Å². The van der Waals surface area contributed by atoms with Crippen molar-refractivity contribution < 1.29 is 33.0 Å². The van der Waals surface area contributed by atoms with Gasteiger partial charge in [0.1, 0.15) is 5.75 Å². The molecule has 0 saturated heterocycles. The highest BCUT2D eigenvalue weighted by Gasteiger charge is 2.20. The molecule has 0 fully saturated rings. The van der Waals surface area contributed by atoms with Crippen molar-refractivity contribution in [2.75, 3.05) is 11.9 Å². The zero-order chi connectivity index (χ0) is 18.2. The molecule has 132 valence electrons. The Kier molecular flexibility index (Phi) is 6.41. The predicted molar refractivity (Wildman–Crippen MR) is 84.1 cm³/mol. The highest BCUT2D eigenvalue weighted by atomic mass is 19.3. The maximum absolute atomic E-state index is 12.3. The molecule has 0 bridgehead atoms. The molecular formula is C17H15F2NO5. The third-order valence-corrected chi connectivity index (χ3v) is 3.06. The van der Waals surface area contributed by atoms with Gasteiger partial charge in [-0.15, -0.1) is 0 Å². The predicted octanol–water partition coefficient (Wildman–Crippen LogP) is 2.50. The van der Waals surface area contributed by atoms with Crippen LogP contribution in [0.1, 0.15) is 11.7 Å². The fourth-order valence-electron chi connectivity index (χ4n) is 1.94. The van der Waals surface area contributed by atoms with Crippen molar-refractivity contribution >= 4 is 17.6 Å². The number of carbonyl (C=O) groups excluding carboxylic acids is 2. The van der Waals surface area contributed by atoms with Crippen molar-refractivity contribution in [2.24, 2.45) is 0 Å². The molecular weight excluding hydrogens is 336 g/mol. The first-order valence-corrected chi connectivity index (χ1v) is 7.20. The molecule has 2 aromatic carbocycles. The van der Waals surface area contributed by atoms with Crippen LogP contribution in [0.4, 0.5) is 14.5 Å². The number of hydrogen-bond acceptors (Lipinski definition) is 5. The van der Waals surface area contributed by atoms with Crippen molar-refractivity contribution in [2.45, 2.75) is 12.7 Å². The number of para-hydroxylation sites is 2. The number of nitrogens with one attached hydrogen (secondary N) is 1. The van der Waals surface area contributed by atoms with E-state index in [4.69, 9.17) is 4.74 Å². The lowest BCUT2D eigenvalue weighted by atomic mass is 10.1. The zero-order valence-electron chi connectivity index (χ0n) is 12.9. The largest absolute Gasteiger partial charge is 0.453 e. The zero-order valence-corrected chi connectivity index (χ0v) is 12.9. The summed E-state index contributed by atoms with van der Waals surface area (Å²) in [5, 5.41) is 12.1. The smallest absolute Gasteiger partial charge is 0.387 e. The third-order valence-electron chi connectivity index (χ3n) is 3.06. The van der Waals surface area contributed by atoms with Crippen molar-refractivity contribution in [3.8, 4) is 5.75 Å². The van der Waals surface area contributed by atoms with E-state index in [2.05, 4.69) is 10.1 Å². The first-order valence-electron chi connectivity index (χ1n) is 7.20. The first kappa shape index (κ1) is 18.3. The molecule has 6 nitrogen and oxygen atoms in total. The first-order chi connectivity index (χ1) is 12.0. The fraction of sp³-hybridized carbons (Fsp3) is 0.176. The van der Waals surface area contributed by atoms with E-state index in [0.29, 0.717) is 5.56 Å². The highest BCUT2D eigenvalue weighted by Crippen LogP contribution is 2.25. The Morgan fingerprint density at radius 2 is 1.68 bits per heavy atom. The number of benzene rings is 2. The van der Waals surface area contributed by atoms with Crippen molar-refractivity contribution in [1.29, 1.82) is 0 Å². The Bertz CT molecular complexity index is 724. The number of amides is 1. The number of aliphatic hydroxyl groups excluding tert-OH is 1. The van der Waals surface area contributed by atoms with Gasteiger partial charge in [-0.2, -0.15) is 8.78 Å². The van der Waals surface area contributed by atoms with E-state index in [9.17, 15) is 23.5 Å². The molecule has 8 heteroatoms. The number of esters is 1. The number of ether oxygens (including phenoxy) is 2. The number of alkyl halides is 2. The van der Waals surface area contributed by atoms with Crippen LogP contribution in [0.5, 0.6) is 5.75 Å². The van der Waals surface area contributed by atoms with E-state index in [1.165, 1.54) is 36.4 Å². The standard InChI is InChI=1S/C17H15F2NO5/c18-17(19)25-13-9-5-4-8-12(13)20-14(21)10-24-16(23)15(22)11-6-2-1-3-7-11/h1-9,15,17,22H,10H2,(H,20,21)/t15-/m1/s1. The van der Waals surface area contributed by atoms with E-state index >= 15 is 0 Å². The van der Waals surface area contributed by atoms with Crippen LogP contribution in [0.15, 0.2) is 54.6 Å². The maximum Gasteiger partial charge on any atom is 0.387 e. The van der Waals surface area contributed by atoms with Crippen LogP contribution in [-0.4, -0.2) is 30.2 Å². The number of carbonyl (C=O) groups is 2. The van der Waals surface area contributed by atoms with E-state index in [1.807, 2.05) is 0 Å². The summed E-state index contributed by atoms with van der Waals surface area (Å²) in [5.41, 5.74) is 0.330. The second kappa shape index (κ2) is 8.74. The monoisotopic (exact) mass is 351 g/mol. The van der Waals surface area contributed by atoms with Gasteiger partial charge >= 0.3 is 12.6 Å². The minimum atomic E-state index is -3.04. The molecule has 2 N–H and O–H groups in total. The van der Waals surface area contributed by atoms with Gasteiger partial charge in [0.15, 0.2) is 12.7 Å². The van der Waals surface area contributed by atoms with Gasteiger partial charge in [-0.3, -0.25) is 4.79 Å². The van der Waals surface area contributed by atoms with Gasteiger partial charge in [0.25, 0.3) is 5.91 Å². The summed E-state index contributed by atoms with van der Waals surface area (Å²) in [4.78, 5) is 23.5. The second-order valence-electron chi connectivity index (χ2n) is 4.84. The van der Waals surface area contributed by atoms with Crippen molar-refractivity contribution in [1.82, 2.24) is 0 Å². The summed E-state index contributed by atoms with van der Waals surface area (Å²) < 4.78 is 33.6. The highest BCUT2D eigenvalue weighted by molar-refractivity contribution is 5.94. The van der Waals surface area contributed by atoms with Crippen molar-refractivity contribution in [3.05, 3.63) is 60.2 Å². The average Bonchev–Trinajstić information content (AvgIpc) is 2.61. The molecule has 0 spiro atoms. The molecule has 1 atom stereocenters. The molecule has 0 saturated carbocycles. The van der Waals surface area contributed by atoms with Crippen LogP contribution < -0.4 is 10.1 Å². The SMILES string of the molecule is O=C(COC(=O)[C@H](O)c1ccccc1)Nc1ccccc1OC(F)F. The number of halogens is 2. The molecule has 0 radical (unpaired) electrons. The van der Waals surface area contributed by atoms with Crippen LogP contribution in [0.3, 0.4) is 0 Å². The summed E-state index contributed by atoms with van der Waals surface area (Å²) in [6, 6.07) is 13.6. The Hall–Kier alpha value is -3.00. The van der Waals surface area contributed by atoms with Gasteiger partial charge < -0.3 is 19.9 Å². The maximum atomic E-state index is 12.3. The summed E-state index contributed by atoms with van der Waals surface area (Å²) in [7, 11) is 0. The molecule has 0 unspecified atom stereocenters. The van der Waals surface area contributed by atoms with Gasteiger partial charge in [0.05, 0.1) is 5.69 Å². The number of aliphatic hydroxyl groups is 1.